The number of carbonyl (C=O) groups is 2. The SMILES string of the molecule is CCOC(=O)Cc1csc([C@H](C)NC(=O)OC(C)(C)C)n1. The second kappa shape index (κ2) is 7.40. The molecule has 0 spiro atoms. The van der Waals surface area contributed by atoms with Crippen molar-refractivity contribution in [2.45, 2.75) is 52.7 Å². The summed E-state index contributed by atoms with van der Waals surface area (Å²) in [5, 5.41) is 5.23. The third-order valence-electron chi connectivity index (χ3n) is 2.30. The Bertz CT molecular complexity index is 493. The van der Waals surface area contributed by atoms with Crippen molar-refractivity contribution in [2.24, 2.45) is 0 Å². The first kappa shape index (κ1) is 17.4. The Morgan fingerprint density at radius 2 is 2.10 bits per heavy atom. The molecule has 1 amide bonds. The molecule has 0 fully saturated rings. The Morgan fingerprint density at radius 1 is 1.43 bits per heavy atom. The molecule has 0 aromatic carbocycles. The molecule has 21 heavy (non-hydrogen) atoms. The van der Waals surface area contributed by atoms with Crippen LogP contribution in [0.4, 0.5) is 4.79 Å². The molecule has 0 unspecified atom stereocenters. The summed E-state index contributed by atoms with van der Waals surface area (Å²) in [5.41, 5.74) is 0.105. The molecule has 7 heteroatoms. The fourth-order valence-electron chi connectivity index (χ4n) is 1.51. The maximum atomic E-state index is 11.7. The summed E-state index contributed by atoms with van der Waals surface area (Å²) < 4.78 is 10.1. The minimum Gasteiger partial charge on any atom is -0.466 e. The van der Waals surface area contributed by atoms with Crippen molar-refractivity contribution >= 4 is 23.4 Å². The lowest BCUT2D eigenvalue weighted by Gasteiger charge is -2.21. The molecule has 1 heterocycles. The van der Waals surface area contributed by atoms with Crippen LogP contribution in [0, 0.1) is 0 Å². The number of aromatic nitrogens is 1. The van der Waals surface area contributed by atoms with Crippen molar-refractivity contribution in [1.82, 2.24) is 10.3 Å². The Labute approximate surface area is 128 Å². The van der Waals surface area contributed by atoms with Crippen molar-refractivity contribution in [3.63, 3.8) is 0 Å². The van der Waals surface area contributed by atoms with E-state index in [0.29, 0.717) is 12.3 Å². The van der Waals surface area contributed by atoms with Crippen LogP contribution in [0.1, 0.15) is 51.4 Å². The van der Waals surface area contributed by atoms with Gasteiger partial charge in [0.2, 0.25) is 0 Å². The van der Waals surface area contributed by atoms with Crippen LogP contribution in [-0.4, -0.2) is 29.3 Å². The first-order valence-electron chi connectivity index (χ1n) is 6.80. The van der Waals surface area contributed by atoms with E-state index in [9.17, 15) is 9.59 Å². The average molecular weight is 314 g/mol. The predicted molar refractivity (Wildman–Crippen MR) is 80.2 cm³/mol. The monoisotopic (exact) mass is 314 g/mol. The molecule has 0 saturated carbocycles. The largest absolute Gasteiger partial charge is 0.466 e. The van der Waals surface area contributed by atoms with Crippen LogP contribution in [0.25, 0.3) is 0 Å². The predicted octanol–water partition coefficient (Wildman–Crippen LogP) is 2.83. The molecule has 0 bridgehead atoms. The van der Waals surface area contributed by atoms with Crippen molar-refractivity contribution < 1.29 is 19.1 Å². The number of rotatable bonds is 5. The fraction of sp³-hybridized carbons (Fsp3) is 0.643. The van der Waals surface area contributed by atoms with Crippen LogP contribution in [0.5, 0.6) is 0 Å². The molecular weight excluding hydrogens is 292 g/mol. The standard InChI is InChI=1S/C14H22N2O4S/c1-6-19-11(17)7-10-8-21-12(16-10)9(2)15-13(18)20-14(3,4)5/h8-9H,6-7H2,1-5H3,(H,15,18)/t9-/m0/s1. The van der Waals surface area contributed by atoms with Gasteiger partial charge in [-0.25, -0.2) is 9.78 Å². The number of carbonyl (C=O) groups excluding carboxylic acids is 2. The summed E-state index contributed by atoms with van der Waals surface area (Å²) in [6.07, 6.45) is -0.346. The minimum atomic E-state index is -0.540. The minimum absolute atomic E-state index is 0.142. The normalized spacial score (nSPS) is 12.6. The van der Waals surface area contributed by atoms with E-state index < -0.39 is 11.7 Å². The molecule has 0 aliphatic rings. The third-order valence-corrected chi connectivity index (χ3v) is 3.38. The van der Waals surface area contributed by atoms with E-state index in [4.69, 9.17) is 9.47 Å². The molecule has 6 nitrogen and oxygen atoms in total. The number of hydrogen-bond acceptors (Lipinski definition) is 6. The smallest absolute Gasteiger partial charge is 0.408 e. The lowest BCUT2D eigenvalue weighted by atomic mass is 10.2. The molecule has 118 valence electrons. The number of hydrogen-bond donors (Lipinski definition) is 1. The maximum Gasteiger partial charge on any atom is 0.408 e. The molecule has 0 radical (unpaired) electrons. The molecule has 1 aromatic heterocycles. The van der Waals surface area contributed by atoms with E-state index >= 15 is 0 Å². The van der Waals surface area contributed by atoms with E-state index in [1.54, 1.807) is 33.1 Å². The quantitative estimate of drug-likeness (QED) is 0.846. The molecular formula is C14H22N2O4S. The second-order valence-electron chi connectivity index (χ2n) is 5.53. The molecule has 1 atom stereocenters. The van der Waals surface area contributed by atoms with E-state index in [1.165, 1.54) is 11.3 Å². The molecule has 1 N–H and O–H groups in total. The summed E-state index contributed by atoms with van der Waals surface area (Å²) in [6.45, 7) is 9.34. The zero-order valence-electron chi connectivity index (χ0n) is 13.1. The average Bonchev–Trinajstić information content (AvgIpc) is 2.74. The van der Waals surface area contributed by atoms with Crippen LogP contribution < -0.4 is 5.32 Å². The van der Waals surface area contributed by atoms with Gasteiger partial charge in [0.15, 0.2) is 0 Å². The fourth-order valence-corrected chi connectivity index (χ4v) is 2.33. The Morgan fingerprint density at radius 3 is 2.67 bits per heavy atom. The first-order chi connectivity index (χ1) is 9.71. The van der Waals surface area contributed by atoms with E-state index in [1.807, 2.05) is 6.92 Å². The maximum absolute atomic E-state index is 11.7. The topological polar surface area (TPSA) is 77.5 Å². The van der Waals surface area contributed by atoms with Crippen molar-refractivity contribution in [3.05, 3.63) is 16.1 Å². The molecule has 0 aliphatic carbocycles. The van der Waals surface area contributed by atoms with Gasteiger partial charge in [-0.15, -0.1) is 11.3 Å². The van der Waals surface area contributed by atoms with Crippen LogP contribution in [-0.2, 0) is 20.7 Å². The highest BCUT2D eigenvalue weighted by molar-refractivity contribution is 7.09. The zero-order chi connectivity index (χ0) is 16.0. The summed E-state index contributed by atoms with van der Waals surface area (Å²) in [6, 6.07) is -0.277. The van der Waals surface area contributed by atoms with Gasteiger partial charge in [0, 0.05) is 5.38 Å². The summed E-state index contributed by atoms with van der Waals surface area (Å²) >= 11 is 1.39. The summed E-state index contributed by atoms with van der Waals surface area (Å²) in [5.74, 6) is -0.304. The number of thiazole rings is 1. The van der Waals surface area contributed by atoms with Crippen molar-refractivity contribution in [2.75, 3.05) is 6.61 Å². The van der Waals surface area contributed by atoms with Gasteiger partial charge in [0.05, 0.1) is 24.8 Å². The van der Waals surface area contributed by atoms with Crippen LogP contribution in [0.15, 0.2) is 5.38 Å². The number of amides is 1. The van der Waals surface area contributed by atoms with Crippen LogP contribution in [0.2, 0.25) is 0 Å². The zero-order valence-corrected chi connectivity index (χ0v) is 13.9. The summed E-state index contributed by atoms with van der Waals surface area (Å²) in [4.78, 5) is 27.4. The van der Waals surface area contributed by atoms with Crippen LogP contribution >= 0.6 is 11.3 Å². The Balaban J connectivity index is 2.55. The lowest BCUT2D eigenvalue weighted by molar-refractivity contribution is -0.142. The number of ether oxygens (including phenoxy) is 2. The van der Waals surface area contributed by atoms with Gasteiger partial charge in [-0.3, -0.25) is 4.79 Å². The highest BCUT2D eigenvalue weighted by Gasteiger charge is 2.20. The second-order valence-corrected chi connectivity index (χ2v) is 6.42. The van der Waals surface area contributed by atoms with E-state index in [-0.39, 0.29) is 18.4 Å². The van der Waals surface area contributed by atoms with Gasteiger partial charge in [0.25, 0.3) is 0 Å². The van der Waals surface area contributed by atoms with Crippen LogP contribution in [0.3, 0.4) is 0 Å². The van der Waals surface area contributed by atoms with Gasteiger partial charge in [-0.05, 0) is 34.6 Å². The van der Waals surface area contributed by atoms with Crippen molar-refractivity contribution in [3.8, 4) is 0 Å². The number of alkyl carbamates (subject to hydrolysis) is 1. The highest BCUT2D eigenvalue weighted by Crippen LogP contribution is 2.19. The summed E-state index contributed by atoms with van der Waals surface area (Å²) in [7, 11) is 0. The number of nitrogens with zero attached hydrogens (tertiary/aromatic N) is 1. The van der Waals surface area contributed by atoms with Crippen molar-refractivity contribution in [1.29, 1.82) is 0 Å². The first-order valence-corrected chi connectivity index (χ1v) is 7.68. The molecule has 0 aliphatic heterocycles. The molecule has 1 aromatic rings. The van der Waals surface area contributed by atoms with Gasteiger partial charge < -0.3 is 14.8 Å². The molecule has 1 rings (SSSR count). The van der Waals surface area contributed by atoms with Gasteiger partial charge in [-0.1, -0.05) is 0 Å². The number of esters is 1. The Hall–Kier alpha value is -1.63. The third kappa shape index (κ3) is 6.57. The van der Waals surface area contributed by atoms with Gasteiger partial charge in [0.1, 0.15) is 10.6 Å². The highest BCUT2D eigenvalue weighted by atomic mass is 32.1. The molecule has 0 saturated heterocycles. The lowest BCUT2D eigenvalue weighted by Crippen LogP contribution is -2.34. The van der Waals surface area contributed by atoms with Gasteiger partial charge in [-0.2, -0.15) is 0 Å². The van der Waals surface area contributed by atoms with E-state index in [2.05, 4.69) is 10.3 Å². The Kier molecular flexibility index (Phi) is 6.14. The van der Waals surface area contributed by atoms with Gasteiger partial charge >= 0.3 is 12.1 Å². The van der Waals surface area contributed by atoms with E-state index in [0.717, 1.165) is 5.01 Å². The number of nitrogens with one attached hydrogen (secondary N) is 1.